The zero-order valence-corrected chi connectivity index (χ0v) is 8.17. The molecule has 0 aliphatic carbocycles. The fraction of sp³-hybridized carbons (Fsp3) is 0.455. The molecule has 1 heterocycles. The molecular formula is C11H15FN2. The first-order valence-electron chi connectivity index (χ1n) is 4.99. The summed E-state index contributed by atoms with van der Waals surface area (Å²) in [5.74, 6) is -0.195. The SMILES string of the molecule is NCc1cc(CN2CCC2)ccc1F. The van der Waals surface area contributed by atoms with Gasteiger partial charge in [-0.05, 0) is 31.1 Å². The molecule has 1 aromatic rings. The predicted octanol–water partition coefficient (Wildman–Crippen LogP) is 1.49. The van der Waals surface area contributed by atoms with E-state index in [-0.39, 0.29) is 12.4 Å². The summed E-state index contributed by atoms with van der Waals surface area (Å²) >= 11 is 0. The molecule has 0 radical (unpaired) electrons. The van der Waals surface area contributed by atoms with Gasteiger partial charge in [-0.1, -0.05) is 12.1 Å². The van der Waals surface area contributed by atoms with Crippen molar-refractivity contribution in [2.24, 2.45) is 5.73 Å². The summed E-state index contributed by atoms with van der Waals surface area (Å²) in [6, 6.07) is 5.22. The predicted molar refractivity (Wildman–Crippen MR) is 54.2 cm³/mol. The third kappa shape index (κ3) is 1.94. The molecule has 0 saturated carbocycles. The molecule has 1 aliphatic heterocycles. The Kier molecular flexibility index (Phi) is 2.79. The van der Waals surface area contributed by atoms with Crippen molar-refractivity contribution >= 4 is 0 Å². The third-order valence-electron chi connectivity index (χ3n) is 2.68. The molecule has 14 heavy (non-hydrogen) atoms. The molecule has 3 heteroatoms. The van der Waals surface area contributed by atoms with Crippen molar-refractivity contribution in [2.75, 3.05) is 13.1 Å². The van der Waals surface area contributed by atoms with E-state index in [2.05, 4.69) is 4.90 Å². The minimum absolute atomic E-state index is 0.195. The van der Waals surface area contributed by atoms with Gasteiger partial charge < -0.3 is 5.73 Å². The molecule has 1 fully saturated rings. The Morgan fingerprint density at radius 1 is 1.36 bits per heavy atom. The van der Waals surface area contributed by atoms with Gasteiger partial charge in [-0.15, -0.1) is 0 Å². The quantitative estimate of drug-likeness (QED) is 0.790. The number of likely N-dealkylation sites (tertiary alicyclic amines) is 1. The summed E-state index contributed by atoms with van der Waals surface area (Å²) < 4.78 is 13.1. The topological polar surface area (TPSA) is 29.3 Å². The summed E-state index contributed by atoms with van der Waals surface area (Å²) in [6.07, 6.45) is 1.28. The Labute approximate surface area is 83.5 Å². The molecule has 2 N–H and O–H groups in total. The van der Waals surface area contributed by atoms with E-state index < -0.39 is 0 Å². The number of rotatable bonds is 3. The van der Waals surface area contributed by atoms with E-state index in [1.807, 2.05) is 12.1 Å². The van der Waals surface area contributed by atoms with E-state index in [1.165, 1.54) is 12.5 Å². The first-order valence-corrected chi connectivity index (χ1v) is 4.99. The Morgan fingerprint density at radius 2 is 2.14 bits per heavy atom. The van der Waals surface area contributed by atoms with E-state index in [9.17, 15) is 4.39 Å². The van der Waals surface area contributed by atoms with Crippen LogP contribution in [-0.2, 0) is 13.1 Å². The van der Waals surface area contributed by atoms with Crippen LogP contribution in [0.1, 0.15) is 17.5 Å². The zero-order chi connectivity index (χ0) is 9.97. The molecule has 1 saturated heterocycles. The van der Waals surface area contributed by atoms with Gasteiger partial charge in [0.1, 0.15) is 5.82 Å². The van der Waals surface area contributed by atoms with Crippen molar-refractivity contribution in [1.82, 2.24) is 4.90 Å². The summed E-state index contributed by atoms with van der Waals surface area (Å²) in [7, 11) is 0. The van der Waals surface area contributed by atoms with E-state index in [1.54, 1.807) is 0 Å². The molecule has 1 aromatic carbocycles. The van der Waals surface area contributed by atoms with Gasteiger partial charge in [0.15, 0.2) is 0 Å². The molecule has 76 valence electrons. The van der Waals surface area contributed by atoms with E-state index in [4.69, 9.17) is 5.73 Å². The molecule has 0 amide bonds. The van der Waals surface area contributed by atoms with Crippen molar-refractivity contribution < 1.29 is 4.39 Å². The highest BCUT2D eigenvalue weighted by molar-refractivity contribution is 5.25. The number of halogens is 1. The minimum Gasteiger partial charge on any atom is -0.326 e. The second-order valence-corrected chi connectivity index (χ2v) is 3.76. The van der Waals surface area contributed by atoms with Crippen LogP contribution in [0.4, 0.5) is 4.39 Å². The molecule has 0 atom stereocenters. The highest BCUT2D eigenvalue weighted by Crippen LogP contribution is 2.15. The van der Waals surface area contributed by atoms with E-state index >= 15 is 0 Å². The number of benzene rings is 1. The average molecular weight is 194 g/mol. The van der Waals surface area contributed by atoms with Gasteiger partial charge in [0, 0.05) is 18.7 Å². The highest BCUT2D eigenvalue weighted by atomic mass is 19.1. The Balaban J connectivity index is 2.09. The van der Waals surface area contributed by atoms with E-state index in [0.29, 0.717) is 5.56 Å². The largest absolute Gasteiger partial charge is 0.326 e. The summed E-state index contributed by atoms with van der Waals surface area (Å²) in [6.45, 7) is 3.53. The average Bonchev–Trinajstić information content (AvgIpc) is 2.14. The van der Waals surface area contributed by atoms with Crippen LogP contribution in [0.25, 0.3) is 0 Å². The Hall–Kier alpha value is -0.930. The van der Waals surface area contributed by atoms with Crippen LogP contribution in [0.2, 0.25) is 0 Å². The van der Waals surface area contributed by atoms with Gasteiger partial charge in [0.05, 0.1) is 0 Å². The molecule has 0 bridgehead atoms. The maximum absolute atomic E-state index is 13.1. The molecule has 2 rings (SSSR count). The maximum Gasteiger partial charge on any atom is 0.127 e. The minimum atomic E-state index is -0.195. The van der Waals surface area contributed by atoms with Gasteiger partial charge in [-0.2, -0.15) is 0 Å². The molecular weight excluding hydrogens is 179 g/mol. The molecule has 2 nitrogen and oxygen atoms in total. The van der Waals surface area contributed by atoms with Crippen molar-refractivity contribution in [3.63, 3.8) is 0 Å². The van der Waals surface area contributed by atoms with Crippen LogP contribution in [-0.4, -0.2) is 18.0 Å². The summed E-state index contributed by atoms with van der Waals surface area (Å²) in [5.41, 5.74) is 7.22. The van der Waals surface area contributed by atoms with Crippen molar-refractivity contribution in [2.45, 2.75) is 19.5 Å². The first-order chi connectivity index (χ1) is 6.79. The van der Waals surface area contributed by atoms with Gasteiger partial charge in [-0.25, -0.2) is 4.39 Å². The lowest BCUT2D eigenvalue weighted by atomic mass is 10.1. The normalized spacial score (nSPS) is 16.7. The lowest BCUT2D eigenvalue weighted by molar-refractivity contribution is 0.172. The summed E-state index contributed by atoms with van der Waals surface area (Å²) in [5, 5.41) is 0. The van der Waals surface area contributed by atoms with Gasteiger partial charge in [0.25, 0.3) is 0 Å². The lowest BCUT2D eigenvalue weighted by Gasteiger charge is -2.30. The smallest absolute Gasteiger partial charge is 0.127 e. The molecule has 0 aromatic heterocycles. The van der Waals surface area contributed by atoms with Crippen LogP contribution in [0.3, 0.4) is 0 Å². The molecule has 0 unspecified atom stereocenters. The van der Waals surface area contributed by atoms with Gasteiger partial charge in [-0.3, -0.25) is 4.90 Å². The highest BCUT2D eigenvalue weighted by Gasteiger charge is 2.14. The van der Waals surface area contributed by atoms with Crippen LogP contribution in [0.5, 0.6) is 0 Å². The van der Waals surface area contributed by atoms with Crippen LogP contribution >= 0.6 is 0 Å². The van der Waals surface area contributed by atoms with E-state index in [0.717, 1.165) is 25.2 Å². The monoisotopic (exact) mass is 194 g/mol. The lowest BCUT2D eigenvalue weighted by Crippen LogP contribution is -2.36. The number of hydrogen-bond donors (Lipinski definition) is 1. The van der Waals surface area contributed by atoms with Crippen LogP contribution < -0.4 is 5.73 Å². The number of nitrogens with two attached hydrogens (primary N) is 1. The fourth-order valence-corrected chi connectivity index (χ4v) is 1.68. The third-order valence-corrected chi connectivity index (χ3v) is 2.68. The number of nitrogens with zero attached hydrogens (tertiary/aromatic N) is 1. The fourth-order valence-electron chi connectivity index (χ4n) is 1.68. The molecule has 0 spiro atoms. The van der Waals surface area contributed by atoms with Crippen LogP contribution in [0, 0.1) is 5.82 Å². The van der Waals surface area contributed by atoms with Crippen LogP contribution in [0.15, 0.2) is 18.2 Å². The van der Waals surface area contributed by atoms with Crippen molar-refractivity contribution in [3.05, 3.63) is 35.1 Å². The Morgan fingerprint density at radius 3 is 2.71 bits per heavy atom. The second kappa shape index (κ2) is 4.07. The van der Waals surface area contributed by atoms with Gasteiger partial charge in [0.2, 0.25) is 0 Å². The first kappa shape index (κ1) is 9.62. The summed E-state index contributed by atoms with van der Waals surface area (Å²) in [4.78, 5) is 2.34. The zero-order valence-electron chi connectivity index (χ0n) is 8.17. The maximum atomic E-state index is 13.1. The number of hydrogen-bond acceptors (Lipinski definition) is 2. The van der Waals surface area contributed by atoms with Crippen molar-refractivity contribution in [1.29, 1.82) is 0 Å². The second-order valence-electron chi connectivity index (χ2n) is 3.76. The standard InChI is InChI=1S/C11H15FN2/c12-11-3-2-9(6-10(11)7-13)8-14-4-1-5-14/h2-3,6H,1,4-5,7-8,13H2. The van der Waals surface area contributed by atoms with Gasteiger partial charge >= 0.3 is 0 Å². The Bertz CT molecular complexity index is 321. The molecule has 1 aliphatic rings. The van der Waals surface area contributed by atoms with Crippen molar-refractivity contribution in [3.8, 4) is 0 Å².